The molecule has 0 aromatic carbocycles. The predicted octanol–water partition coefficient (Wildman–Crippen LogP) is 3.20. The van der Waals surface area contributed by atoms with Gasteiger partial charge in [0.2, 0.25) is 0 Å². The van der Waals surface area contributed by atoms with E-state index >= 15 is 0 Å². The van der Waals surface area contributed by atoms with E-state index in [0.29, 0.717) is 5.76 Å². The Kier molecular flexibility index (Phi) is 6.98. The van der Waals surface area contributed by atoms with Crippen LogP contribution in [0.1, 0.15) is 39.5 Å². The van der Waals surface area contributed by atoms with Crippen LogP contribution in [0.3, 0.4) is 0 Å². The van der Waals surface area contributed by atoms with Crippen LogP contribution in [-0.4, -0.2) is 5.97 Å². The second kappa shape index (κ2) is 7.59. The van der Waals surface area contributed by atoms with Gasteiger partial charge in [-0.05, 0) is 25.8 Å². The highest BCUT2D eigenvalue weighted by molar-refractivity contribution is 5.81. The highest BCUT2D eigenvalue weighted by atomic mass is 16.5. The maximum atomic E-state index is 10.7. The molecule has 0 aliphatic heterocycles. The van der Waals surface area contributed by atoms with E-state index in [0.717, 1.165) is 12.8 Å². The fourth-order valence-corrected chi connectivity index (χ4v) is 0.942. The summed E-state index contributed by atoms with van der Waals surface area (Å²) in [6.45, 7) is 7.27. The van der Waals surface area contributed by atoms with E-state index in [1.54, 1.807) is 6.92 Å². The van der Waals surface area contributed by atoms with Gasteiger partial charge >= 0.3 is 5.97 Å². The Morgan fingerprint density at radius 3 is 2.69 bits per heavy atom. The Morgan fingerprint density at radius 2 is 2.15 bits per heavy atom. The molecule has 0 saturated heterocycles. The van der Waals surface area contributed by atoms with Gasteiger partial charge in [0.25, 0.3) is 0 Å². The Bertz CT molecular complexity index is 192. The largest absolute Gasteiger partial charge is 0.429 e. The highest BCUT2D eigenvalue weighted by Gasteiger charge is 1.95. The van der Waals surface area contributed by atoms with Crippen molar-refractivity contribution in [1.82, 2.24) is 0 Å². The summed E-state index contributed by atoms with van der Waals surface area (Å²) in [5.74, 6) is 0.283. The van der Waals surface area contributed by atoms with E-state index in [-0.39, 0.29) is 5.97 Å². The first-order valence-electron chi connectivity index (χ1n) is 4.71. The minimum atomic E-state index is -0.385. The first-order chi connectivity index (χ1) is 6.20. The zero-order chi connectivity index (χ0) is 10.1. The normalized spacial score (nSPS) is 11.1. The zero-order valence-corrected chi connectivity index (χ0v) is 8.51. The van der Waals surface area contributed by atoms with Crippen LogP contribution in [-0.2, 0) is 9.53 Å². The number of rotatable bonds is 6. The van der Waals surface area contributed by atoms with E-state index in [9.17, 15) is 4.79 Å². The average molecular weight is 182 g/mol. The van der Waals surface area contributed by atoms with Crippen LogP contribution in [0.4, 0.5) is 0 Å². The third-order valence-electron chi connectivity index (χ3n) is 1.67. The van der Waals surface area contributed by atoms with Gasteiger partial charge in [0.1, 0.15) is 5.76 Å². The van der Waals surface area contributed by atoms with Gasteiger partial charge in [-0.2, -0.15) is 0 Å². The number of esters is 1. The maximum absolute atomic E-state index is 10.7. The van der Waals surface area contributed by atoms with Crippen molar-refractivity contribution < 1.29 is 9.53 Å². The van der Waals surface area contributed by atoms with E-state index in [1.165, 1.54) is 18.9 Å². The van der Waals surface area contributed by atoms with Crippen molar-refractivity contribution in [2.45, 2.75) is 39.5 Å². The van der Waals surface area contributed by atoms with E-state index < -0.39 is 0 Å². The first kappa shape index (κ1) is 11.9. The SMILES string of the molecule is C=CC(=O)O/C(C)=C/CCCCC. The summed E-state index contributed by atoms with van der Waals surface area (Å²) < 4.78 is 4.88. The van der Waals surface area contributed by atoms with Gasteiger partial charge in [-0.15, -0.1) is 0 Å². The Hall–Kier alpha value is -1.05. The van der Waals surface area contributed by atoms with Crippen LogP contribution in [0.2, 0.25) is 0 Å². The molecule has 0 N–H and O–H groups in total. The van der Waals surface area contributed by atoms with Crippen molar-refractivity contribution >= 4 is 5.97 Å². The average Bonchev–Trinajstić information content (AvgIpc) is 2.12. The summed E-state index contributed by atoms with van der Waals surface area (Å²) >= 11 is 0. The second-order valence-electron chi connectivity index (χ2n) is 2.94. The van der Waals surface area contributed by atoms with E-state index in [4.69, 9.17) is 4.74 Å². The van der Waals surface area contributed by atoms with Crippen LogP contribution in [0.5, 0.6) is 0 Å². The van der Waals surface area contributed by atoms with Gasteiger partial charge in [0, 0.05) is 6.08 Å². The molecule has 0 rings (SSSR count). The summed E-state index contributed by atoms with van der Waals surface area (Å²) in [5.41, 5.74) is 0. The monoisotopic (exact) mass is 182 g/mol. The molecule has 2 nitrogen and oxygen atoms in total. The molecule has 0 aromatic rings. The van der Waals surface area contributed by atoms with Gasteiger partial charge in [-0.25, -0.2) is 4.79 Å². The molecule has 0 amide bonds. The smallest absolute Gasteiger partial charge is 0.335 e. The maximum Gasteiger partial charge on any atom is 0.335 e. The van der Waals surface area contributed by atoms with Gasteiger partial charge in [-0.3, -0.25) is 0 Å². The predicted molar refractivity (Wildman–Crippen MR) is 54.2 cm³/mol. The topological polar surface area (TPSA) is 26.3 Å². The minimum Gasteiger partial charge on any atom is -0.429 e. The molecule has 74 valence electrons. The highest BCUT2D eigenvalue weighted by Crippen LogP contribution is 2.04. The molecule has 2 heteroatoms. The molecule has 0 atom stereocenters. The number of carbonyl (C=O) groups excluding carboxylic acids is 1. The summed E-state index contributed by atoms with van der Waals surface area (Å²) in [6.07, 6.45) is 7.67. The summed E-state index contributed by atoms with van der Waals surface area (Å²) in [7, 11) is 0. The fraction of sp³-hybridized carbons (Fsp3) is 0.545. The molecule has 0 saturated carbocycles. The number of carbonyl (C=O) groups is 1. The lowest BCUT2D eigenvalue weighted by Gasteiger charge is -2.00. The van der Waals surface area contributed by atoms with Gasteiger partial charge in [-0.1, -0.05) is 26.3 Å². The molecule has 0 unspecified atom stereocenters. The van der Waals surface area contributed by atoms with E-state index in [2.05, 4.69) is 13.5 Å². The van der Waals surface area contributed by atoms with Crippen LogP contribution >= 0.6 is 0 Å². The third kappa shape index (κ3) is 7.32. The second-order valence-corrected chi connectivity index (χ2v) is 2.94. The molecule has 0 aliphatic rings. The molecule has 0 aromatic heterocycles. The lowest BCUT2D eigenvalue weighted by molar-refractivity contribution is -0.133. The van der Waals surface area contributed by atoms with Crippen molar-refractivity contribution in [3.05, 3.63) is 24.5 Å². The minimum absolute atomic E-state index is 0.385. The van der Waals surface area contributed by atoms with Crippen LogP contribution in [0.25, 0.3) is 0 Å². The van der Waals surface area contributed by atoms with Crippen LogP contribution in [0.15, 0.2) is 24.5 Å². The number of hydrogen-bond donors (Lipinski definition) is 0. The zero-order valence-electron chi connectivity index (χ0n) is 8.51. The van der Waals surface area contributed by atoms with Gasteiger partial charge < -0.3 is 4.74 Å². The lowest BCUT2D eigenvalue weighted by Crippen LogP contribution is -1.97. The number of allylic oxidation sites excluding steroid dienone is 2. The molecule has 0 fully saturated rings. The van der Waals surface area contributed by atoms with Crippen LogP contribution in [0, 0.1) is 0 Å². The molecule has 0 heterocycles. The van der Waals surface area contributed by atoms with Crippen molar-refractivity contribution in [3.8, 4) is 0 Å². The van der Waals surface area contributed by atoms with Crippen molar-refractivity contribution in [2.75, 3.05) is 0 Å². The Labute approximate surface area is 80.3 Å². The summed E-state index contributed by atoms with van der Waals surface area (Å²) in [6, 6.07) is 0. The van der Waals surface area contributed by atoms with E-state index in [1.807, 2.05) is 6.08 Å². The standard InChI is InChI=1S/C11H18O2/c1-4-6-7-8-9-10(3)13-11(12)5-2/h5,9H,2,4,6-8H2,1,3H3/b10-9+. The Morgan fingerprint density at radius 1 is 1.46 bits per heavy atom. The molecule has 0 aliphatic carbocycles. The van der Waals surface area contributed by atoms with Crippen molar-refractivity contribution in [2.24, 2.45) is 0 Å². The molecule has 0 spiro atoms. The third-order valence-corrected chi connectivity index (χ3v) is 1.67. The number of unbranched alkanes of at least 4 members (excludes halogenated alkanes) is 3. The van der Waals surface area contributed by atoms with Crippen LogP contribution < -0.4 is 0 Å². The molecular weight excluding hydrogens is 164 g/mol. The molecule has 0 bridgehead atoms. The van der Waals surface area contributed by atoms with Crippen molar-refractivity contribution in [3.63, 3.8) is 0 Å². The first-order valence-corrected chi connectivity index (χ1v) is 4.71. The Balaban J connectivity index is 3.62. The summed E-state index contributed by atoms with van der Waals surface area (Å²) in [4.78, 5) is 10.7. The summed E-state index contributed by atoms with van der Waals surface area (Å²) in [5, 5.41) is 0. The van der Waals surface area contributed by atoms with Gasteiger partial charge in [0.05, 0.1) is 0 Å². The molecule has 0 radical (unpaired) electrons. The number of ether oxygens (including phenoxy) is 1. The number of hydrogen-bond acceptors (Lipinski definition) is 2. The van der Waals surface area contributed by atoms with Crippen molar-refractivity contribution in [1.29, 1.82) is 0 Å². The fourth-order valence-electron chi connectivity index (χ4n) is 0.942. The lowest BCUT2D eigenvalue weighted by atomic mass is 10.2. The van der Waals surface area contributed by atoms with Gasteiger partial charge in [0.15, 0.2) is 0 Å². The molecular formula is C11H18O2. The quantitative estimate of drug-likeness (QED) is 0.273. The molecule has 13 heavy (non-hydrogen) atoms.